The summed E-state index contributed by atoms with van der Waals surface area (Å²) in [5.74, 6) is 2.89. The molecule has 2 saturated heterocycles. The summed E-state index contributed by atoms with van der Waals surface area (Å²) in [7, 11) is 0. The molecule has 1 aromatic heterocycles. The predicted molar refractivity (Wildman–Crippen MR) is 125 cm³/mol. The van der Waals surface area contributed by atoms with E-state index >= 15 is 0 Å². The van der Waals surface area contributed by atoms with Gasteiger partial charge in [-0.3, -0.25) is 0 Å². The average molecular weight is 439 g/mol. The van der Waals surface area contributed by atoms with Crippen molar-refractivity contribution < 1.29 is 14.2 Å². The highest BCUT2D eigenvalue weighted by Gasteiger charge is 2.42. The zero-order valence-electron chi connectivity index (χ0n) is 19.2. The number of para-hydroxylation sites is 2. The Morgan fingerprint density at radius 2 is 2.06 bits per heavy atom. The molecule has 0 bridgehead atoms. The van der Waals surface area contributed by atoms with E-state index in [1.54, 1.807) is 6.20 Å². The number of pyridine rings is 1. The zero-order valence-corrected chi connectivity index (χ0v) is 19.2. The van der Waals surface area contributed by atoms with Crippen molar-refractivity contribution in [2.75, 3.05) is 39.5 Å². The van der Waals surface area contributed by atoms with Gasteiger partial charge in [-0.1, -0.05) is 25.1 Å². The lowest BCUT2D eigenvalue weighted by atomic mass is 9.87. The number of guanidine groups is 1. The molecule has 1 aromatic carbocycles. The van der Waals surface area contributed by atoms with Crippen molar-refractivity contribution in [3.8, 4) is 17.4 Å². The van der Waals surface area contributed by atoms with Crippen LogP contribution in [-0.2, 0) is 11.3 Å². The normalized spacial score (nSPS) is 20.7. The minimum Gasteiger partial charge on any atom is -0.490 e. The van der Waals surface area contributed by atoms with Crippen LogP contribution in [0.2, 0.25) is 0 Å². The fourth-order valence-corrected chi connectivity index (χ4v) is 4.28. The number of rotatable bonds is 8. The molecule has 0 aliphatic carbocycles. The summed E-state index contributed by atoms with van der Waals surface area (Å²) in [5.41, 5.74) is 1.23. The predicted octanol–water partition coefficient (Wildman–Crippen LogP) is 4.24. The number of likely N-dealkylation sites (tertiary alicyclic amines) is 1. The number of aliphatic imine (C=N–C) groups is 1. The summed E-state index contributed by atoms with van der Waals surface area (Å²) in [6.07, 6.45) is 4.98. The van der Waals surface area contributed by atoms with Gasteiger partial charge in [-0.15, -0.1) is 0 Å². The molecule has 4 rings (SSSR count). The Hall–Kier alpha value is -2.80. The Balaban J connectivity index is 1.49. The molecule has 2 aliphatic heterocycles. The molecule has 3 heterocycles. The third-order valence-corrected chi connectivity index (χ3v) is 6.02. The Morgan fingerprint density at radius 1 is 1.19 bits per heavy atom. The lowest BCUT2D eigenvalue weighted by Crippen LogP contribution is -2.41. The molecule has 32 heavy (non-hydrogen) atoms. The molecule has 1 N–H and O–H groups in total. The van der Waals surface area contributed by atoms with E-state index in [4.69, 9.17) is 19.2 Å². The van der Waals surface area contributed by atoms with E-state index in [9.17, 15) is 0 Å². The van der Waals surface area contributed by atoms with Gasteiger partial charge in [0.25, 0.3) is 0 Å². The van der Waals surface area contributed by atoms with Crippen molar-refractivity contribution in [2.24, 2.45) is 10.4 Å². The van der Waals surface area contributed by atoms with Crippen molar-refractivity contribution in [1.82, 2.24) is 15.2 Å². The van der Waals surface area contributed by atoms with E-state index in [1.165, 1.54) is 0 Å². The molecule has 7 heteroatoms. The van der Waals surface area contributed by atoms with E-state index in [0.717, 1.165) is 69.4 Å². The first kappa shape index (κ1) is 22.4. The topological polar surface area (TPSA) is 68.2 Å². The van der Waals surface area contributed by atoms with Gasteiger partial charge in [0, 0.05) is 43.4 Å². The summed E-state index contributed by atoms with van der Waals surface area (Å²) in [6, 6.07) is 11.7. The van der Waals surface area contributed by atoms with Gasteiger partial charge in [-0.25, -0.2) is 9.98 Å². The summed E-state index contributed by atoms with van der Waals surface area (Å²) in [4.78, 5) is 11.8. The highest BCUT2D eigenvalue weighted by Crippen LogP contribution is 2.38. The molecule has 1 atom stereocenters. The van der Waals surface area contributed by atoms with Crippen LogP contribution in [0.4, 0.5) is 0 Å². The van der Waals surface area contributed by atoms with Crippen LogP contribution >= 0.6 is 0 Å². The van der Waals surface area contributed by atoms with Crippen molar-refractivity contribution >= 4 is 5.96 Å². The maximum Gasteiger partial charge on any atom is 0.224 e. The van der Waals surface area contributed by atoms with Crippen LogP contribution in [0.25, 0.3) is 0 Å². The highest BCUT2D eigenvalue weighted by atomic mass is 16.5. The van der Waals surface area contributed by atoms with Gasteiger partial charge in [-0.05, 0) is 44.4 Å². The monoisotopic (exact) mass is 438 g/mol. The molecule has 0 saturated carbocycles. The van der Waals surface area contributed by atoms with Crippen LogP contribution in [0.1, 0.15) is 38.7 Å². The number of aromatic nitrogens is 1. The van der Waals surface area contributed by atoms with Crippen LogP contribution < -0.4 is 14.8 Å². The van der Waals surface area contributed by atoms with Crippen LogP contribution in [0, 0.1) is 5.41 Å². The SMILES string of the molecule is CCCOc1ccccc1Oc1ncccc1CN=C(NCC)N1CCC2(CCOC2)C1. The van der Waals surface area contributed by atoms with Gasteiger partial charge in [0.15, 0.2) is 17.5 Å². The second kappa shape index (κ2) is 10.7. The van der Waals surface area contributed by atoms with Gasteiger partial charge in [-0.2, -0.15) is 0 Å². The van der Waals surface area contributed by atoms with Crippen LogP contribution in [0.5, 0.6) is 17.4 Å². The third-order valence-electron chi connectivity index (χ3n) is 6.02. The van der Waals surface area contributed by atoms with E-state index in [0.29, 0.717) is 30.2 Å². The maximum atomic E-state index is 6.18. The smallest absolute Gasteiger partial charge is 0.224 e. The van der Waals surface area contributed by atoms with E-state index < -0.39 is 0 Å². The molecule has 2 aliphatic rings. The molecule has 1 unspecified atom stereocenters. The van der Waals surface area contributed by atoms with Crippen molar-refractivity contribution in [1.29, 1.82) is 0 Å². The van der Waals surface area contributed by atoms with Gasteiger partial charge < -0.3 is 24.4 Å². The van der Waals surface area contributed by atoms with Gasteiger partial charge in [0.2, 0.25) is 5.88 Å². The van der Waals surface area contributed by atoms with Crippen molar-refractivity contribution in [2.45, 2.75) is 39.7 Å². The Bertz CT molecular complexity index is 912. The Labute approximate surface area is 190 Å². The number of benzene rings is 1. The minimum atomic E-state index is 0.293. The molecule has 1 spiro atoms. The number of ether oxygens (including phenoxy) is 3. The summed E-state index contributed by atoms with van der Waals surface area (Å²) < 4.78 is 17.7. The first-order valence-corrected chi connectivity index (χ1v) is 11.7. The largest absolute Gasteiger partial charge is 0.490 e. The molecular formula is C25H34N4O3. The van der Waals surface area contributed by atoms with Crippen LogP contribution in [0.15, 0.2) is 47.6 Å². The number of hydrogen-bond donors (Lipinski definition) is 1. The fraction of sp³-hybridized carbons (Fsp3) is 0.520. The standard InChI is InChI=1S/C25H34N4O3/c1-3-15-31-21-9-5-6-10-22(21)32-23-20(8-7-13-27-23)17-28-24(26-4-2)29-14-11-25(18-29)12-16-30-19-25/h5-10,13H,3-4,11-12,14-19H2,1-2H3,(H,26,28). The zero-order chi connectivity index (χ0) is 22.2. The van der Waals surface area contributed by atoms with E-state index in [2.05, 4.69) is 29.0 Å². The third kappa shape index (κ3) is 5.33. The molecule has 172 valence electrons. The lowest BCUT2D eigenvalue weighted by Gasteiger charge is -2.25. The molecule has 2 aromatic rings. The summed E-state index contributed by atoms with van der Waals surface area (Å²) >= 11 is 0. The Kier molecular flexibility index (Phi) is 7.47. The van der Waals surface area contributed by atoms with Crippen LogP contribution in [0.3, 0.4) is 0 Å². The first-order valence-electron chi connectivity index (χ1n) is 11.7. The van der Waals surface area contributed by atoms with Crippen LogP contribution in [-0.4, -0.2) is 55.3 Å². The average Bonchev–Trinajstić information content (AvgIpc) is 3.46. The van der Waals surface area contributed by atoms with E-state index in [-0.39, 0.29) is 0 Å². The van der Waals surface area contributed by atoms with Gasteiger partial charge in [0.05, 0.1) is 19.8 Å². The second-order valence-corrected chi connectivity index (χ2v) is 8.51. The molecule has 2 fully saturated rings. The highest BCUT2D eigenvalue weighted by molar-refractivity contribution is 5.80. The van der Waals surface area contributed by atoms with Gasteiger partial charge >= 0.3 is 0 Å². The number of nitrogens with one attached hydrogen (secondary N) is 1. The fourth-order valence-electron chi connectivity index (χ4n) is 4.28. The minimum absolute atomic E-state index is 0.293. The molecule has 0 radical (unpaired) electrons. The van der Waals surface area contributed by atoms with E-state index in [1.807, 2.05) is 36.4 Å². The number of hydrogen-bond acceptors (Lipinski definition) is 5. The Morgan fingerprint density at radius 3 is 2.84 bits per heavy atom. The second-order valence-electron chi connectivity index (χ2n) is 8.51. The summed E-state index contributed by atoms with van der Waals surface area (Å²) in [6.45, 7) is 9.90. The lowest BCUT2D eigenvalue weighted by molar-refractivity contribution is 0.156. The summed E-state index contributed by atoms with van der Waals surface area (Å²) in [5, 5.41) is 3.46. The first-order chi connectivity index (χ1) is 15.7. The van der Waals surface area contributed by atoms with Gasteiger partial charge in [0.1, 0.15) is 0 Å². The molecule has 7 nitrogen and oxygen atoms in total. The van der Waals surface area contributed by atoms with Crippen molar-refractivity contribution in [3.05, 3.63) is 48.2 Å². The molecule has 0 amide bonds. The maximum absolute atomic E-state index is 6.18. The number of nitrogens with zero attached hydrogens (tertiary/aromatic N) is 3. The molecular weight excluding hydrogens is 404 g/mol. The van der Waals surface area contributed by atoms with Crippen molar-refractivity contribution in [3.63, 3.8) is 0 Å². The quantitative estimate of drug-likeness (QED) is 0.491.